The molecule has 0 bridgehead atoms. The van der Waals surface area contributed by atoms with Gasteiger partial charge in [-0.3, -0.25) is 0 Å². The fraction of sp³-hybridized carbons (Fsp3) is 0.188. The molecule has 2 nitrogen and oxygen atoms in total. The molecule has 1 unspecified atom stereocenters. The van der Waals surface area contributed by atoms with E-state index in [9.17, 15) is 4.79 Å². The van der Waals surface area contributed by atoms with Crippen LogP contribution in [0.4, 0.5) is 0 Å². The van der Waals surface area contributed by atoms with E-state index in [0.717, 1.165) is 16.7 Å². The van der Waals surface area contributed by atoms with E-state index < -0.39 is 10.8 Å². The molecule has 0 heterocycles. The third-order valence-corrected chi connectivity index (χ3v) is 4.29. The Balaban J connectivity index is 2.30. The third-order valence-electron chi connectivity index (χ3n) is 3.50. The second-order valence-electron chi connectivity index (χ2n) is 4.61. The number of rotatable bonds is 2. The number of hydrogen-bond acceptors (Lipinski definition) is 2. The minimum atomic E-state index is -1.31. The van der Waals surface area contributed by atoms with E-state index in [4.69, 9.17) is 27.9 Å². The number of ether oxygens (including phenoxy) is 1. The summed E-state index contributed by atoms with van der Waals surface area (Å²) in [6.45, 7) is 2.04. The Labute approximate surface area is 127 Å². The maximum absolute atomic E-state index is 12.4. The highest BCUT2D eigenvalue weighted by Crippen LogP contribution is 2.52. The number of esters is 1. The van der Waals surface area contributed by atoms with Gasteiger partial charge in [-0.05, 0) is 41.3 Å². The van der Waals surface area contributed by atoms with Gasteiger partial charge in [0.1, 0.15) is 0 Å². The Hall–Kier alpha value is -1.51. The largest absolute Gasteiger partial charge is 0.464 e. The van der Waals surface area contributed by atoms with Crippen LogP contribution in [-0.4, -0.2) is 12.6 Å². The average molecular weight is 307 g/mol. The Morgan fingerprint density at radius 2 is 1.85 bits per heavy atom. The van der Waals surface area contributed by atoms with Crippen molar-refractivity contribution in [2.75, 3.05) is 6.61 Å². The summed E-state index contributed by atoms with van der Waals surface area (Å²) in [6.07, 6.45) is 0. The molecule has 1 atom stereocenters. The standard InChI is InChI=1S/C16H12Cl2O2/c1-2-20-15(19)16(18)13-6-4-3-5-11(13)12-8-7-10(17)9-14(12)16/h3-9H,2H2,1H3. The van der Waals surface area contributed by atoms with Crippen molar-refractivity contribution in [1.82, 2.24) is 0 Å². The van der Waals surface area contributed by atoms with E-state index in [1.54, 1.807) is 19.1 Å². The molecule has 2 aromatic rings. The highest BCUT2D eigenvalue weighted by atomic mass is 35.5. The van der Waals surface area contributed by atoms with Crippen molar-refractivity contribution >= 4 is 29.2 Å². The van der Waals surface area contributed by atoms with Crippen molar-refractivity contribution in [3.63, 3.8) is 0 Å². The molecule has 0 N–H and O–H groups in total. The quantitative estimate of drug-likeness (QED) is 0.608. The van der Waals surface area contributed by atoms with Gasteiger partial charge in [-0.2, -0.15) is 0 Å². The Morgan fingerprint density at radius 1 is 1.15 bits per heavy atom. The summed E-state index contributed by atoms with van der Waals surface area (Å²) in [4.78, 5) is 11.1. The van der Waals surface area contributed by atoms with E-state index >= 15 is 0 Å². The van der Waals surface area contributed by atoms with Gasteiger partial charge in [0, 0.05) is 5.02 Å². The van der Waals surface area contributed by atoms with Crippen molar-refractivity contribution in [3.05, 3.63) is 58.6 Å². The summed E-state index contributed by atoms with van der Waals surface area (Å²) in [6, 6.07) is 13.0. The SMILES string of the molecule is CCOC(=O)C1(Cl)c2ccccc2-c2ccc(Cl)cc21. The molecule has 102 valence electrons. The summed E-state index contributed by atoms with van der Waals surface area (Å²) in [5, 5.41) is 0.547. The van der Waals surface area contributed by atoms with E-state index in [2.05, 4.69) is 0 Å². The fourth-order valence-electron chi connectivity index (χ4n) is 2.65. The average Bonchev–Trinajstić information content (AvgIpc) is 2.70. The first-order valence-electron chi connectivity index (χ1n) is 6.35. The molecule has 0 amide bonds. The summed E-state index contributed by atoms with van der Waals surface area (Å²) in [5.74, 6) is -0.463. The van der Waals surface area contributed by atoms with Gasteiger partial charge >= 0.3 is 5.97 Å². The van der Waals surface area contributed by atoms with Crippen LogP contribution >= 0.6 is 23.2 Å². The molecule has 0 radical (unpaired) electrons. The summed E-state index contributed by atoms with van der Waals surface area (Å²) >= 11 is 12.8. The molecule has 1 aliphatic carbocycles. The number of hydrogen-bond donors (Lipinski definition) is 0. The summed E-state index contributed by atoms with van der Waals surface area (Å²) in [7, 11) is 0. The number of alkyl halides is 1. The summed E-state index contributed by atoms with van der Waals surface area (Å²) in [5.41, 5.74) is 3.30. The first-order valence-corrected chi connectivity index (χ1v) is 7.10. The van der Waals surface area contributed by atoms with Crippen LogP contribution in [0.15, 0.2) is 42.5 Å². The van der Waals surface area contributed by atoms with Crippen LogP contribution in [0.2, 0.25) is 5.02 Å². The Kier molecular flexibility index (Phi) is 3.23. The second kappa shape index (κ2) is 4.80. The van der Waals surface area contributed by atoms with Crippen molar-refractivity contribution in [3.8, 4) is 11.1 Å². The van der Waals surface area contributed by atoms with E-state index in [1.165, 1.54) is 0 Å². The van der Waals surface area contributed by atoms with Gasteiger partial charge in [-0.1, -0.05) is 53.5 Å². The predicted molar refractivity (Wildman–Crippen MR) is 80.2 cm³/mol. The zero-order chi connectivity index (χ0) is 14.3. The van der Waals surface area contributed by atoms with Crippen LogP contribution in [0.1, 0.15) is 18.1 Å². The zero-order valence-corrected chi connectivity index (χ0v) is 12.3. The molecular formula is C16H12Cl2O2. The normalized spacial score (nSPS) is 19.4. The van der Waals surface area contributed by atoms with Crippen LogP contribution < -0.4 is 0 Å². The van der Waals surface area contributed by atoms with Gasteiger partial charge in [-0.25, -0.2) is 4.79 Å². The highest BCUT2D eigenvalue weighted by Gasteiger charge is 2.49. The van der Waals surface area contributed by atoms with E-state index in [1.807, 2.05) is 30.3 Å². The number of halogens is 2. The van der Waals surface area contributed by atoms with E-state index in [-0.39, 0.29) is 6.61 Å². The van der Waals surface area contributed by atoms with Crippen LogP contribution in [-0.2, 0) is 14.4 Å². The van der Waals surface area contributed by atoms with Crippen molar-refractivity contribution in [2.45, 2.75) is 11.8 Å². The Bertz CT molecular complexity index is 697. The third kappa shape index (κ3) is 1.75. The molecule has 0 aliphatic heterocycles. The minimum absolute atomic E-state index is 0.283. The molecule has 0 aromatic heterocycles. The maximum atomic E-state index is 12.4. The molecule has 0 saturated carbocycles. The molecule has 4 heteroatoms. The van der Waals surface area contributed by atoms with Crippen molar-refractivity contribution in [2.24, 2.45) is 0 Å². The van der Waals surface area contributed by atoms with Gasteiger partial charge in [0.2, 0.25) is 0 Å². The number of fused-ring (bicyclic) bond motifs is 3. The zero-order valence-electron chi connectivity index (χ0n) is 10.8. The lowest BCUT2D eigenvalue weighted by molar-refractivity contribution is -0.145. The molecule has 3 rings (SSSR count). The molecule has 0 spiro atoms. The summed E-state index contributed by atoms with van der Waals surface area (Å²) < 4.78 is 5.17. The lowest BCUT2D eigenvalue weighted by Gasteiger charge is -2.22. The number of carbonyl (C=O) groups excluding carboxylic acids is 1. The minimum Gasteiger partial charge on any atom is -0.464 e. The maximum Gasteiger partial charge on any atom is 0.336 e. The Morgan fingerprint density at radius 3 is 2.60 bits per heavy atom. The monoisotopic (exact) mass is 306 g/mol. The molecule has 0 fully saturated rings. The van der Waals surface area contributed by atoms with E-state index in [0.29, 0.717) is 10.6 Å². The predicted octanol–water partition coefficient (Wildman–Crippen LogP) is 4.37. The van der Waals surface area contributed by atoms with Crippen molar-refractivity contribution in [1.29, 1.82) is 0 Å². The molecular weight excluding hydrogens is 295 g/mol. The van der Waals surface area contributed by atoms with Crippen LogP contribution in [0, 0.1) is 0 Å². The first-order chi connectivity index (χ1) is 9.59. The van der Waals surface area contributed by atoms with Gasteiger partial charge in [0.05, 0.1) is 6.61 Å². The molecule has 20 heavy (non-hydrogen) atoms. The molecule has 1 aliphatic rings. The molecule has 2 aromatic carbocycles. The molecule has 0 saturated heterocycles. The van der Waals surface area contributed by atoms with Gasteiger partial charge in [-0.15, -0.1) is 0 Å². The highest BCUT2D eigenvalue weighted by molar-refractivity contribution is 6.39. The van der Waals surface area contributed by atoms with Crippen LogP contribution in [0.3, 0.4) is 0 Å². The van der Waals surface area contributed by atoms with Crippen molar-refractivity contribution < 1.29 is 9.53 Å². The number of benzene rings is 2. The van der Waals surface area contributed by atoms with Crippen LogP contribution in [0.25, 0.3) is 11.1 Å². The lowest BCUT2D eigenvalue weighted by Crippen LogP contribution is -2.31. The van der Waals surface area contributed by atoms with Gasteiger partial charge in [0.25, 0.3) is 0 Å². The fourth-order valence-corrected chi connectivity index (χ4v) is 3.20. The topological polar surface area (TPSA) is 26.3 Å². The van der Waals surface area contributed by atoms with Gasteiger partial charge < -0.3 is 4.74 Å². The number of carbonyl (C=O) groups is 1. The van der Waals surface area contributed by atoms with Gasteiger partial charge in [0.15, 0.2) is 4.87 Å². The smallest absolute Gasteiger partial charge is 0.336 e. The first kappa shape index (κ1) is 13.5. The van der Waals surface area contributed by atoms with Crippen LogP contribution in [0.5, 0.6) is 0 Å². The lowest BCUT2D eigenvalue weighted by atomic mass is 9.96. The second-order valence-corrected chi connectivity index (χ2v) is 5.62.